The van der Waals surface area contributed by atoms with E-state index < -0.39 is 5.79 Å². The molecule has 1 atom stereocenters. The minimum Gasteiger partial charge on any atom is -0.450 e. The van der Waals surface area contributed by atoms with Gasteiger partial charge in [0.15, 0.2) is 28.9 Å². The highest BCUT2D eigenvalue weighted by Gasteiger charge is 2.44. The Labute approximate surface area is 219 Å². The van der Waals surface area contributed by atoms with Crippen molar-refractivity contribution in [3.8, 4) is 11.5 Å². The Morgan fingerprint density at radius 3 is 2.86 bits per heavy atom. The number of aryl methyl sites for hydroxylation is 2. The predicted molar refractivity (Wildman–Crippen MR) is 138 cm³/mol. The van der Waals surface area contributed by atoms with Crippen molar-refractivity contribution in [2.45, 2.75) is 62.7 Å². The highest BCUT2D eigenvalue weighted by atomic mass is 32.2. The summed E-state index contributed by atoms with van der Waals surface area (Å²) in [4.78, 5) is 10.3. The van der Waals surface area contributed by atoms with E-state index in [-0.39, 0.29) is 6.10 Å². The Hall–Kier alpha value is -2.25. The number of pyridine rings is 1. The molecule has 0 radical (unpaired) electrons. The summed E-state index contributed by atoms with van der Waals surface area (Å²) < 4.78 is 30.3. The second kappa shape index (κ2) is 11.0. The molecule has 5 rings (SSSR count). The van der Waals surface area contributed by atoms with Crippen LogP contribution in [-0.4, -0.2) is 56.0 Å². The van der Waals surface area contributed by atoms with Crippen molar-refractivity contribution < 1.29 is 18.9 Å². The SMILES string of the molecule is COCCSc1cnc(Nc2nc([C@H]3COC4(CCCCC4)O3)ns2)c(Oc2c(C)nn(C)c2C)c1. The fraction of sp³-hybridized carbons (Fsp3) is 0.583. The number of anilines is 2. The van der Waals surface area contributed by atoms with Crippen LogP contribution in [0.1, 0.15) is 55.4 Å². The van der Waals surface area contributed by atoms with Gasteiger partial charge in [-0.15, -0.1) is 11.8 Å². The van der Waals surface area contributed by atoms with Crippen LogP contribution in [0.25, 0.3) is 0 Å². The number of nitrogens with zero attached hydrogens (tertiary/aromatic N) is 5. The van der Waals surface area contributed by atoms with Gasteiger partial charge in [0.1, 0.15) is 11.8 Å². The van der Waals surface area contributed by atoms with E-state index in [1.165, 1.54) is 18.0 Å². The van der Waals surface area contributed by atoms with Crippen LogP contribution in [0.2, 0.25) is 0 Å². The molecule has 0 amide bonds. The van der Waals surface area contributed by atoms with Crippen molar-refractivity contribution in [1.29, 1.82) is 0 Å². The molecule has 4 heterocycles. The third-order valence-corrected chi connectivity index (χ3v) is 8.04. The van der Waals surface area contributed by atoms with Crippen molar-refractivity contribution >= 4 is 34.2 Å². The highest BCUT2D eigenvalue weighted by Crippen LogP contribution is 2.43. The van der Waals surface area contributed by atoms with E-state index in [0.717, 1.165) is 47.7 Å². The van der Waals surface area contributed by atoms with Crippen LogP contribution in [0.5, 0.6) is 11.5 Å². The van der Waals surface area contributed by atoms with Crippen LogP contribution in [0, 0.1) is 13.8 Å². The van der Waals surface area contributed by atoms with E-state index in [1.54, 1.807) is 18.9 Å². The quantitative estimate of drug-likeness (QED) is 0.288. The Balaban J connectivity index is 1.34. The summed E-state index contributed by atoms with van der Waals surface area (Å²) >= 11 is 2.93. The molecule has 0 bridgehead atoms. The zero-order valence-corrected chi connectivity index (χ0v) is 22.7. The Kier molecular flexibility index (Phi) is 7.77. The lowest BCUT2D eigenvalue weighted by atomic mass is 9.94. The van der Waals surface area contributed by atoms with Crippen LogP contribution in [0.3, 0.4) is 0 Å². The van der Waals surface area contributed by atoms with Gasteiger partial charge >= 0.3 is 0 Å². The summed E-state index contributed by atoms with van der Waals surface area (Å²) in [5, 5.41) is 8.39. The molecule has 1 saturated carbocycles. The number of rotatable bonds is 9. The zero-order chi connectivity index (χ0) is 25.1. The number of methoxy groups -OCH3 is 1. The van der Waals surface area contributed by atoms with Gasteiger partial charge in [0.2, 0.25) is 5.13 Å². The maximum absolute atomic E-state index is 6.35. The van der Waals surface area contributed by atoms with Gasteiger partial charge in [-0.2, -0.15) is 9.47 Å². The summed E-state index contributed by atoms with van der Waals surface area (Å²) in [6.07, 6.45) is 6.94. The molecule has 194 valence electrons. The fourth-order valence-electron chi connectivity index (χ4n) is 4.48. The van der Waals surface area contributed by atoms with E-state index in [4.69, 9.17) is 23.9 Å². The van der Waals surface area contributed by atoms with Crippen molar-refractivity contribution in [3.05, 3.63) is 29.5 Å². The van der Waals surface area contributed by atoms with Gasteiger partial charge in [0, 0.05) is 55.4 Å². The van der Waals surface area contributed by atoms with Gasteiger partial charge in [-0.25, -0.2) is 9.97 Å². The lowest BCUT2D eigenvalue weighted by Gasteiger charge is -2.31. The molecule has 1 aliphatic carbocycles. The molecule has 3 aromatic rings. The van der Waals surface area contributed by atoms with E-state index in [0.29, 0.717) is 41.5 Å². The smallest absolute Gasteiger partial charge is 0.208 e. The van der Waals surface area contributed by atoms with Gasteiger partial charge in [0.25, 0.3) is 0 Å². The number of hydrogen-bond donors (Lipinski definition) is 1. The Morgan fingerprint density at radius 2 is 2.11 bits per heavy atom. The number of thioether (sulfide) groups is 1. The summed E-state index contributed by atoms with van der Waals surface area (Å²) in [5.41, 5.74) is 1.75. The molecule has 12 heteroatoms. The first kappa shape index (κ1) is 25.4. The first-order valence-corrected chi connectivity index (χ1v) is 13.9. The van der Waals surface area contributed by atoms with Crippen LogP contribution in [0.4, 0.5) is 10.9 Å². The molecule has 0 aromatic carbocycles. The molecule has 1 spiro atoms. The number of hydrogen-bond acceptors (Lipinski definition) is 11. The molecular formula is C24H32N6O4S2. The average molecular weight is 533 g/mol. The molecule has 0 unspecified atom stereocenters. The summed E-state index contributed by atoms with van der Waals surface area (Å²) in [6, 6.07) is 1.98. The van der Waals surface area contributed by atoms with Crippen LogP contribution >= 0.6 is 23.3 Å². The molecular weight excluding hydrogens is 500 g/mol. The van der Waals surface area contributed by atoms with E-state index in [2.05, 4.69) is 19.8 Å². The molecule has 3 aromatic heterocycles. The molecule has 1 saturated heterocycles. The van der Waals surface area contributed by atoms with Crippen LogP contribution in [-0.2, 0) is 21.3 Å². The van der Waals surface area contributed by atoms with Crippen LogP contribution in [0.15, 0.2) is 17.2 Å². The third kappa shape index (κ3) is 5.52. The summed E-state index contributed by atoms with van der Waals surface area (Å²) in [5.74, 6) is 2.87. The largest absolute Gasteiger partial charge is 0.450 e. The minimum absolute atomic E-state index is 0.251. The van der Waals surface area contributed by atoms with Crippen LogP contribution < -0.4 is 10.1 Å². The predicted octanol–water partition coefficient (Wildman–Crippen LogP) is 5.31. The normalized spacial score (nSPS) is 19.2. The fourth-order valence-corrected chi connectivity index (χ4v) is 5.90. The van der Waals surface area contributed by atoms with Gasteiger partial charge in [0.05, 0.1) is 18.9 Å². The average Bonchev–Trinajstić information content (AvgIpc) is 3.56. The van der Waals surface area contributed by atoms with Gasteiger partial charge < -0.3 is 24.3 Å². The van der Waals surface area contributed by atoms with Gasteiger partial charge in [-0.3, -0.25) is 4.68 Å². The minimum atomic E-state index is -0.458. The van der Waals surface area contributed by atoms with Crippen molar-refractivity contribution in [2.24, 2.45) is 7.05 Å². The highest BCUT2D eigenvalue weighted by molar-refractivity contribution is 7.99. The lowest BCUT2D eigenvalue weighted by molar-refractivity contribution is -0.188. The zero-order valence-electron chi connectivity index (χ0n) is 21.1. The van der Waals surface area contributed by atoms with Gasteiger partial charge in [-0.1, -0.05) is 6.42 Å². The second-order valence-corrected chi connectivity index (χ2v) is 11.0. The second-order valence-electron chi connectivity index (χ2n) is 9.06. The third-order valence-electron chi connectivity index (χ3n) is 6.46. The van der Waals surface area contributed by atoms with E-state index in [9.17, 15) is 0 Å². The summed E-state index contributed by atoms with van der Waals surface area (Å²) in [6.45, 7) is 5.05. The number of ether oxygens (including phenoxy) is 4. The van der Waals surface area contributed by atoms with E-state index in [1.807, 2.05) is 37.8 Å². The maximum atomic E-state index is 6.35. The molecule has 36 heavy (non-hydrogen) atoms. The Morgan fingerprint density at radius 1 is 1.28 bits per heavy atom. The summed E-state index contributed by atoms with van der Waals surface area (Å²) in [7, 11) is 3.60. The number of nitrogens with one attached hydrogen (secondary N) is 1. The van der Waals surface area contributed by atoms with Crippen molar-refractivity contribution in [2.75, 3.05) is 31.4 Å². The molecule has 2 fully saturated rings. The van der Waals surface area contributed by atoms with Gasteiger partial charge in [-0.05, 0) is 32.8 Å². The first-order chi connectivity index (χ1) is 17.5. The first-order valence-electron chi connectivity index (χ1n) is 12.2. The van der Waals surface area contributed by atoms with Crippen molar-refractivity contribution in [3.63, 3.8) is 0 Å². The molecule has 2 aliphatic rings. The van der Waals surface area contributed by atoms with E-state index >= 15 is 0 Å². The number of aromatic nitrogens is 5. The molecule has 10 nitrogen and oxygen atoms in total. The molecule has 1 aliphatic heterocycles. The monoisotopic (exact) mass is 532 g/mol. The van der Waals surface area contributed by atoms with Crippen molar-refractivity contribution in [1.82, 2.24) is 24.1 Å². The lowest BCUT2D eigenvalue weighted by Crippen LogP contribution is -2.32. The molecule has 1 N–H and O–H groups in total. The Bertz CT molecular complexity index is 1190. The standard InChI is InChI=1S/C24H32N6O4S2/c1-15-20(16(2)30(3)28-15)33-18-12-17(35-11-10-31-4)13-25-21(18)26-23-27-22(29-36-23)19-14-32-24(34-19)8-6-5-7-9-24/h12-13,19H,5-11,14H2,1-4H3,(H,25,26,27,29)/t19-/m1/s1. The topological polar surface area (TPSA) is 105 Å². The maximum Gasteiger partial charge on any atom is 0.208 e.